The van der Waals surface area contributed by atoms with Crippen molar-refractivity contribution in [2.24, 2.45) is 0 Å². The second-order valence-corrected chi connectivity index (χ2v) is 5.81. The Morgan fingerprint density at radius 3 is 2.65 bits per heavy atom. The number of hydrogen-bond donors (Lipinski definition) is 0. The molecule has 0 aromatic heterocycles. The van der Waals surface area contributed by atoms with Crippen LogP contribution in [0.25, 0.3) is 0 Å². The van der Waals surface area contributed by atoms with Crippen molar-refractivity contribution < 1.29 is 9.18 Å². The Bertz CT molecular complexity index is 630. The van der Waals surface area contributed by atoms with Crippen molar-refractivity contribution in [1.29, 1.82) is 0 Å². The van der Waals surface area contributed by atoms with Crippen LogP contribution in [0.1, 0.15) is 11.1 Å². The quantitative estimate of drug-likeness (QED) is 0.806. The first-order valence-corrected chi connectivity index (χ1v) is 7.44. The summed E-state index contributed by atoms with van der Waals surface area (Å²) in [6, 6.07) is 14.6. The Hall–Kier alpha value is -1.81. The Balaban J connectivity index is 1.60. The van der Waals surface area contributed by atoms with Crippen molar-refractivity contribution >= 4 is 17.7 Å². The minimum absolute atomic E-state index is 0.0930. The molecule has 2 aromatic rings. The Morgan fingerprint density at radius 2 is 1.85 bits per heavy atom. The number of hydrogen-bond acceptors (Lipinski definition) is 2. The first kappa shape index (κ1) is 13.2. The maximum atomic E-state index is 13.2. The molecule has 0 saturated carbocycles. The van der Waals surface area contributed by atoms with E-state index in [2.05, 4.69) is 0 Å². The Morgan fingerprint density at radius 1 is 1.10 bits per heavy atom. The van der Waals surface area contributed by atoms with Gasteiger partial charge in [0.15, 0.2) is 0 Å². The van der Waals surface area contributed by atoms with Gasteiger partial charge in [-0.05, 0) is 35.4 Å². The number of carbonyl (C=O) groups excluding carboxylic acids is 1. The molecular weight excluding hydrogens is 273 g/mol. The number of carbonyl (C=O) groups is 1. The topological polar surface area (TPSA) is 20.3 Å². The van der Waals surface area contributed by atoms with Gasteiger partial charge < -0.3 is 4.90 Å². The van der Waals surface area contributed by atoms with Crippen molar-refractivity contribution in [2.45, 2.75) is 18.0 Å². The minimum Gasteiger partial charge on any atom is -0.333 e. The SMILES string of the molecule is O=C(CSc1ccccc1)N1Cc2ccc(F)cc2C1. The lowest BCUT2D eigenvalue weighted by Gasteiger charge is -2.14. The number of thioether (sulfide) groups is 1. The molecule has 4 heteroatoms. The molecular formula is C16H14FNOS. The summed E-state index contributed by atoms with van der Waals surface area (Å²) < 4.78 is 13.2. The molecule has 0 fully saturated rings. The fourth-order valence-electron chi connectivity index (χ4n) is 2.29. The third kappa shape index (κ3) is 2.85. The van der Waals surface area contributed by atoms with Crippen LogP contribution >= 0.6 is 11.8 Å². The Labute approximate surface area is 121 Å². The fraction of sp³-hybridized carbons (Fsp3) is 0.188. The summed E-state index contributed by atoms with van der Waals surface area (Å²) in [6.45, 7) is 1.10. The molecule has 0 atom stereocenters. The second kappa shape index (κ2) is 5.67. The largest absolute Gasteiger partial charge is 0.333 e. The van der Waals surface area contributed by atoms with E-state index < -0.39 is 0 Å². The zero-order valence-electron chi connectivity index (χ0n) is 10.9. The highest BCUT2D eigenvalue weighted by atomic mass is 32.2. The van der Waals surface area contributed by atoms with Crippen LogP contribution in [-0.4, -0.2) is 16.6 Å². The van der Waals surface area contributed by atoms with E-state index >= 15 is 0 Å². The molecule has 0 spiro atoms. The van der Waals surface area contributed by atoms with E-state index in [1.807, 2.05) is 30.3 Å². The highest BCUT2D eigenvalue weighted by molar-refractivity contribution is 8.00. The van der Waals surface area contributed by atoms with Crippen LogP contribution in [0, 0.1) is 5.82 Å². The van der Waals surface area contributed by atoms with Crippen LogP contribution in [0.15, 0.2) is 53.4 Å². The number of fused-ring (bicyclic) bond motifs is 1. The second-order valence-electron chi connectivity index (χ2n) is 4.76. The van der Waals surface area contributed by atoms with Gasteiger partial charge in [0.05, 0.1) is 5.75 Å². The maximum Gasteiger partial charge on any atom is 0.233 e. The monoisotopic (exact) mass is 287 g/mol. The highest BCUT2D eigenvalue weighted by Gasteiger charge is 2.23. The standard InChI is InChI=1S/C16H14FNOS/c17-14-7-6-12-9-18(10-13(12)8-14)16(19)11-20-15-4-2-1-3-5-15/h1-8H,9-11H2. The van der Waals surface area contributed by atoms with Gasteiger partial charge in [-0.3, -0.25) is 4.79 Å². The molecule has 1 heterocycles. The number of benzene rings is 2. The van der Waals surface area contributed by atoms with Gasteiger partial charge in [-0.15, -0.1) is 11.8 Å². The molecule has 0 bridgehead atoms. The van der Waals surface area contributed by atoms with E-state index in [1.165, 1.54) is 23.9 Å². The molecule has 1 amide bonds. The van der Waals surface area contributed by atoms with E-state index in [1.54, 1.807) is 11.0 Å². The van der Waals surface area contributed by atoms with E-state index in [4.69, 9.17) is 0 Å². The number of halogens is 1. The number of rotatable bonds is 3. The van der Waals surface area contributed by atoms with Gasteiger partial charge >= 0.3 is 0 Å². The first-order chi connectivity index (χ1) is 9.72. The molecule has 0 saturated heterocycles. The molecule has 0 radical (unpaired) electrons. The normalized spacial score (nSPS) is 13.3. The summed E-state index contributed by atoms with van der Waals surface area (Å²) >= 11 is 1.53. The number of amides is 1. The van der Waals surface area contributed by atoms with Gasteiger partial charge in [0.25, 0.3) is 0 Å². The molecule has 102 valence electrons. The van der Waals surface area contributed by atoms with Gasteiger partial charge in [0.2, 0.25) is 5.91 Å². The van der Waals surface area contributed by atoms with Gasteiger partial charge in [-0.1, -0.05) is 24.3 Å². The lowest BCUT2D eigenvalue weighted by atomic mass is 10.1. The maximum absolute atomic E-state index is 13.2. The fourth-order valence-corrected chi connectivity index (χ4v) is 3.11. The van der Waals surface area contributed by atoms with Crippen molar-refractivity contribution in [3.8, 4) is 0 Å². The predicted molar refractivity (Wildman–Crippen MR) is 77.8 cm³/mol. The molecule has 2 nitrogen and oxygen atoms in total. The van der Waals surface area contributed by atoms with Crippen molar-refractivity contribution in [3.63, 3.8) is 0 Å². The lowest BCUT2D eigenvalue weighted by molar-refractivity contribution is -0.128. The van der Waals surface area contributed by atoms with Crippen molar-refractivity contribution in [2.75, 3.05) is 5.75 Å². The minimum atomic E-state index is -0.239. The summed E-state index contributed by atoms with van der Waals surface area (Å²) in [5.74, 6) is 0.271. The van der Waals surface area contributed by atoms with Crippen molar-refractivity contribution in [1.82, 2.24) is 4.90 Å². The molecule has 0 aliphatic carbocycles. The zero-order chi connectivity index (χ0) is 13.9. The third-order valence-corrected chi connectivity index (χ3v) is 4.35. The average molecular weight is 287 g/mol. The molecule has 2 aromatic carbocycles. The highest BCUT2D eigenvalue weighted by Crippen LogP contribution is 2.25. The summed E-state index contributed by atoms with van der Waals surface area (Å²) in [4.78, 5) is 15.0. The molecule has 3 rings (SSSR count). The lowest BCUT2D eigenvalue weighted by Crippen LogP contribution is -2.26. The van der Waals surface area contributed by atoms with E-state index in [0.29, 0.717) is 18.8 Å². The summed E-state index contributed by atoms with van der Waals surface area (Å²) in [5, 5.41) is 0. The Kier molecular flexibility index (Phi) is 3.74. The molecule has 0 unspecified atom stereocenters. The van der Waals surface area contributed by atoms with Gasteiger partial charge in [0, 0.05) is 18.0 Å². The van der Waals surface area contributed by atoms with Gasteiger partial charge in [-0.2, -0.15) is 0 Å². The van der Waals surface area contributed by atoms with Gasteiger partial charge in [-0.25, -0.2) is 4.39 Å². The summed E-state index contributed by atoms with van der Waals surface area (Å²) in [5.41, 5.74) is 1.97. The molecule has 0 N–H and O–H groups in total. The molecule has 20 heavy (non-hydrogen) atoms. The first-order valence-electron chi connectivity index (χ1n) is 6.45. The third-order valence-electron chi connectivity index (χ3n) is 3.35. The molecule has 1 aliphatic heterocycles. The smallest absolute Gasteiger partial charge is 0.233 e. The van der Waals surface area contributed by atoms with Crippen LogP contribution < -0.4 is 0 Å². The number of nitrogens with zero attached hydrogens (tertiary/aromatic N) is 1. The summed E-state index contributed by atoms with van der Waals surface area (Å²) in [7, 11) is 0. The van der Waals surface area contributed by atoms with Gasteiger partial charge in [0.1, 0.15) is 5.82 Å². The van der Waals surface area contributed by atoms with Crippen molar-refractivity contribution in [3.05, 3.63) is 65.5 Å². The zero-order valence-corrected chi connectivity index (χ0v) is 11.7. The van der Waals surface area contributed by atoms with E-state index in [9.17, 15) is 9.18 Å². The van der Waals surface area contributed by atoms with Crippen LogP contribution in [0.4, 0.5) is 4.39 Å². The van der Waals surface area contributed by atoms with E-state index in [-0.39, 0.29) is 11.7 Å². The summed E-state index contributed by atoms with van der Waals surface area (Å²) in [6.07, 6.45) is 0. The van der Waals surface area contributed by atoms with Crippen LogP contribution in [-0.2, 0) is 17.9 Å². The van der Waals surface area contributed by atoms with Crippen LogP contribution in [0.2, 0.25) is 0 Å². The van der Waals surface area contributed by atoms with Crippen LogP contribution in [0.3, 0.4) is 0 Å². The molecule has 1 aliphatic rings. The van der Waals surface area contributed by atoms with Crippen LogP contribution in [0.5, 0.6) is 0 Å². The van der Waals surface area contributed by atoms with E-state index in [0.717, 1.165) is 16.0 Å². The average Bonchev–Trinajstić information content (AvgIpc) is 2.89. The predicted octanol–water partition coefficient (Wildman–Crippen LogP) is 3.46.